The van der Waals surface area contributed by atoms with Crippen molar-refractivity contribution in [2.75, 3.05) is 0 Å². The van der Waals surface area contributed by atoms with Crippen LogP contribution in [-0.4, -0.2) is 20.7 Å². The summed E-state index contributed by atoms with van der Waals surface area (Å²) in [5.41, 5.74) is 7.03. The van der Waals surface area contributed by atoms with E-state index in [1.54, 1.807) is 0 Å². The average molecular weight is 406 g/mol. The molecule has 152 valence electrons. The topological polar surface area (TPSA) is 54.6 Å². The molecule has 31 heavy (non-hydrogen) atoms. The van der Waals surface area contributed by atoms with Gasteiger partial charge in [-0.15, -0.1) is 0 Å². The van der Waals surface area contributed by atoms with E-state index in [1.165, 1.54) is 5.56 Å². The Balaban J connectivity index is 1.88. The van der Waals surface area contributed by atoms with Crippen LogP contribution < -0.4 is 0 Å². The Kier molecular flexibility index (Phi) is 4.75. The zero-order valence-corrected chi connectivity index (χ0v) is 17.2. The molecule has 0 aliphatic carbocycles. The molecule has 5 aromatic rings. The van der Waals surface area contributed by atoms with Crippen LogP contribution in [0, 0.1) is 6.92 Å². The Hall–Kier alpha value is -3.92. The Morgan fingerprint density at radius 3 is 2.35 bits per heavy atom. The highest BCUT2D eigenvalue weighted by Gasteiger charge is 2.20. The van der Waals surface area contributed by atoms with E-state index in [-0.39, 0.29) is 6.42 Å². The number of carboxylic acids is 1. The zero-order valence-electron chi connectivity index (χ0n) is 17.2. The fourth-order valence-corrected chi connectivity index (χ4v) is 4.17. The first-order valence-corrected chi connectivity index (χ1v) is 10.4. The van der Waals surface area contributed by atoms with Crippen LogP contribution in [0.25, 0.3) is 38.8 Å². The number of carboxylic acid groups (broad SMARTS) is 1. The van der Waals surface area contributed by atoms with Gasteiger partial charge in [-0.25, -0.2) is 4.52 Å². The minimum atomic E-state index is -0.808. The molecule has 0 aliphatic heterocycles. The quantitative estimate of drug-likeness (QED) is 0.381. The molecule has 0 unspecified atom stereocenters. The number of aromatic nitrogens is 2. The van der Waals surface area contributed by atoms with Gasteiger partial charge in [-0.3, -0.25) is 4.79 Å². The number of aryl methyl sites for hydroxylation is 2. The van der Waals surface area contributed by atoms with Crippen LogP contribution in [-0.2, 0) is 11.2 Å². The van der Waals surface area contributed by atoms with Crippen molar-refractivity contribution in [2.24, 2.45) is 0 Å². The van der Waals surface area contributed by atoms with Crippen LogP contribution in [0.5, 0.6) is 0 Å². The third-order valence-electron chi connectivity index (χ3n) is 5.70. The highest BCUT2D eigenvalue weighted by Crippen LogP contribution is 2.35. The zero-order chi connectivity index (χ0) is 21.4. The molecule has 0 aliphatic rings. The van der Waals surface area contributed by atoms with Gasteiger partial charge in [0.1, 0.15) is 0 Å². The van der Waals surface area contributed by atoms with Crippen molar-refractivity contribution in [3.63, 3.8) is 0 Å². The van der Waals surface area contributed by atoms with Crippen molar-refractivity contribution in [3.05, 3.63) is 96.1 Å². The van der Waals surface area contributed by atoms with E-state index in [1.807, 2.05) is 34.8 Å². The third-order valence-corrected chi connectivity index (χ3v) is 5.70. The normalized spacial score (nSPS) is 11.3. The summed E-state index contributed by atoms with van der Waals surface area (Å²) >= 11 is 0. The van der Waals surface area contributed by atoms with Crippen molar-refractivity contribution < 1.29 is 9.90 Å². The number of hydrogen-bond acceptors (Lipinski definition) is 2. The van der Waals surface area contributed by atoms with Crippen molar-refractivity contribution >= 4 is 22.3 Å². The van der Waals surface area contributed by atoms with E-state index in [0.717, 1.165) is 44.4 Å². The van der Waals surface area contributed by atoms with E-state index in [9.17, 15) is 9.90 Å². The molecular formula is C27H22N2O2. The molecule has 0 bridgehead atoms. The molecule has 0 atom stereocenters. The fraction of sp³-hybridized carbons (Fsp3) is 0.111. The molecule has 0 radical (unpaired) electrons. The van der Waals surface area contributed by atoms with Gasteiger partial charge in [-0.1, -0.05) is 84.4 Å². The van der Waals surface area contributed by atoms with Gasteiger partial charge >= 0.3 is 5.97 Å². The summed E-state index contributed by atoms with van der Waals surface area (Å²) in [4.78, 5) is 11.4. The Morgan fingerprint density at radius 2 is 1.61 bits per heavy atom. The number of carbonyl (C=O) groups is 1. The Labute approximate surface area is 180 Å². The fourth-order valence-electron chi connectivity index (χ4n) is 4.17. The number of rotatable bonds is 5. The standard InChI is InChI=1S/C27H22N2O2/c1-18-11-13-20(14-12-18)26-23(15-16-25(30)31)27-22-10-6-5-9-21(22)17-24(29(27)28-26)19-7-3-2-4-8-19/h2-14,17H,15-16H2,1H3,(H,30,31). The van der Waals surface area contributed by atoms with Crippen molar-refractivity contribution in [2.45, 2.75) is 19.8 Å². The lowest BCUT2D eigenvalue weighted by Gasteiger charge is -2.10. The van der Waals surface area contributed by atoms with Crippen LogP contribution in [0.3, 0.4) is 0 Å². The molecule has 0 saturated carbocycles. The van der Waals surface area contributed by atoms with Crippen molar-refractivity contribution in [3.8, 4) is 22.5 Å². The van der Waals surface area contributed by atoms with Gasteiger partial charge in [0.05, 0.1) is 16.9 Å². The van der Waals surface area contributed by atoms with E-state index in [4.69, 9.17) is 5.10 Å². The van der Waals surface area contributed by atoms with Crippen molar-refractivity contribution in [1.29, 1.82) is 0 Å². The minimum absolute atomic E-state index is 0.0596. The Morgan fingerprint density at radius 1 is 0.903 bits per heavy atom. The van der Waals surface area contributed by atoms with Crippen LogP contribution in [0.15, 0.2) is 84.9 Å². The molecule has 2 heterocycles. The summed E-state index contributed by atoms with van der Waals surface area (Å²) in [6.07, 6.45) is 0.481. The average Bonchev–Trinajstić information content (AvgIpc) is 3.18. The van der Waals surface area contributed by atoms with Gasteiger partial charge in [0.25, 0.3) is 0 Å². The second-order valence-electron chi connectivity index (χ2n) is 7.83. The highest BCUT2D eigenvalue weighted by molar-refractivity contribution is 6.01. The summed E-state index contributed by atoms with van der Waals surface area (Å²) in [6, 6.07) is 28.8. The van der Waals surface area contributed by atoms with Crippen LogP contribution in [0.1, 0.15) is 17.5 Å². The van der Waals surface area contributed by atoms with Crippen LogP contribution >= 0.6 is 0 Å². The number of benzene rings is 3. The van der Waals surface area contributed by atoms with Gasteiger partial charge in [0.15, 0.2) is 0 Å². The largest absolute Gasteiger partial charge is 0.481 e. The van der Waals surface area contributed by atoms with Crippen LogP contribution in [0.2, 0.25) is 0 Å². The summed E-state index contributed by atoms with van der Waals surface area (Å²) in [5.74, 6) is -0.808. The third kappa shape index (κ3) is 3.46. The number of nitrogens with zero attached hydrogens (tertiary/aromatic N) is 2. The van der Waals surface area contributed by atoms with E-state index >= 15 is 0 Å². The molecule has 0 amide bonds. The monoisotopic (exact) mass is 406 g/mol. The van der Waals surface area contributed by atoms with E-state index < -0.39 is 5.97 Å². The highest BCUT2D eigenvalue weighted by atomic mass is 16.4. The molecule has 4 nitrogen and oxygen atoms in total. The summed E-state index contributed by atoms with van der Waals surface area (Å²) < 4.78 is 1.99. The van der Waals surface area contributed by atoms with Gasteiger partial charge < -0.3 is 5.11 Å². The maximum Gasteiger partial charge on any atom is 0.303 e. The second kappa shape index (κ2) is 7.73. The number of fused-ring (bicyclic) bond motifs is 3. The minimum Gasteiger partial charge on any atom is -0.481 e. The maximum absolute atomic E-state index is 11.4. The first-order chi connectivity index (χ1) is 15.1. The lowest BCUT2D eigenvalue weighted by atomic mass is 9.98. The van der Waals surface area contributed by atoms with Gasteiger partial charge in [-0.2, -0.15) is 5.10 Å². The summed E-state index contributed by atoms with van der Waals surface area (Å²) in [5, 5.41) is 16.6. The Bertz CT molecular complexity index is 1400. The smallest absolute Gasteiger partial charge is 0.303 e. The van der Waals surface area contributed by atoms with E-state index in [2.05, 4.69) is 61.5 Å². The SMILES string of the molecule is Cc1ccc(-c2nn3c(-c4ccccc4)cc4ccccc4c3c2CCC(=O)O)cc1. The molecule has 0 saturated heterocycles. The van der Waals surface area contributed by atoms with Gasteiger partial charge in [-0.05, 0) is 24.8 Å². The summed E-state index contributed by atoms with van der Waals surface area (Å²) in [6.45, 7) is 2.06. The van der Waals surface area contributed by atoms with Gasteiger partial charge in [0.2, 0.25) is 0 Å². The molecule has 1 N–H and O–H groups in total. The van der Waals surface area contributed by atoms with Crippen molar-refractivity contribution in [1.82, 2.24) is 9.61 Å². The molecule has 3 aromatic carbocycles. The maximum atomic E-state index is 11.4. The lowest BCUT2D eigenvalue weighted by molar-refractivity contribution is -0.136. The number of pyridine rings is 1. The molecular weight excluding hydrogens is 384 g/mol. The van der Waals surface area contributed by atoms with Crippen LogP contribution in [0.4, 0.5) is 0 Å². The first-order valence-electron chi connectivity index (χ1n) is 10.4. The summed E-state index contributed by atoms with van der Waals surface area (Å²) in [7, 11) is 0. The molecule has 0 fully saturated rings. The molecule has 2 aromatic heterocycles. The molecule has 4 heteroatoms. The molecule has 5 rings (SSSR count). The predicted molar refractivity (Wildman–Crippen MR) is 124 cm³/mol. The number of hydrogen-bond donors (Lipinski definition) is 1. The van der Waals surface area contributed by atoms with Gasteiger partial charge in [0, 0.05) is 28.5 Å². The van der Waals surface area contributed by atoms with E-state index in [0.29, 0.717) is 6.42 Å². The predicted octanol–water partition coefficient (Wildman–Crippen LogP) is 6.15. The molecule has 0 spiro atoms. The second-order valence-corrected chi connectivity index (χ2v) is 7.83. The first kappa shape index (κ1) is 19.1. The number of aliphatic carboxylic acids is 1. The lowest BCUT2D eigenvalue weighted by Crippen LogP contribution is -1.99.